The predicted octanol–water partition coefficient (Wildman–Crippen LogP) is 6.38. The minimum Gasteiger partial charge on any atom is -0.458 e. The van der Waals surface area contributed by atoms with Gasteiger partial charge in [0.2, 0.25) is 0 Å². The Hall–Kier alpha value is -2.08. The summed E-state index contributed by atoms with van der Waals surface area (Å²) < 4.78 is 7.25. The predicted molar refractivity (Wildman–Crippen MR) is 114 cm³/mol. The van der Waals surface area contributed by atoms with E-state index < -0.39 is 5.97 Å². The Bertz CT molecular complexity index is 1030. The van der Waals surface area contributed by atoms with Crippen LogP contribution in [0.5, 0.6) is 0 Å². The van der Waals surface area contributed by atoms with E-state index in [9.17, 15) is 4.79 Å². The topological polar surface area (TPSA) is 57.0 Å². The number of rotatable bonds is 4. The summed E-state index contributed by atoms with van der Waals surface area (Å²) in [4.78, 5) is 12.9. The van der Waals surface area contributed by atoms with Crippen LogP contribution >= 0.6 is 34.8 Å². The Morgan fingerprint density at radius 3 is 2.34 bits per heavy atom. The number of hydrogen-bond acceptors (Lipinski definition) is 4. The maximum Gasteiger partial charge on any atom is 0.361 e. The van der Waals surface area contributed by atoms with Gasteiger partial charge in [-0.1, -0.05) is 58.6 Å². The number of aromatic nitrogens is 3. The van der Waals surface area contributed by atoms with Crippen molar-refractivity contribution in [2.75, 3.05) is 0 Å². The van der Waals surface area contributed by atoms with Crippen LogP contribution in [0.15, 0.2) is 42.5 Å². The van der Waals surface area contributed by atoms with E-state index in [2.05, 4.69) is 10.3 Å². The van der Waals surface area contributed by atoms with Crippen LogP contribution in [0.25, 0.3) is 16.9 Å². The Morgan fingerprint density at radius 1 is 0.966 bits per heavy atom. The van der Waals surface area contributed by atoms with Gasteiger partial charge >= 0.3 is 5.97 Å². The number of carbonyl (C=O) groups excluding carboxylic acids is 1. The minimum atomic E-state index is -0.488. The Labute approximate surface area is 183 Å². The zero-order valence-electron chi connectivity index (χ0n) is 15.4. The van der Waals surface area contributed by atoms with Gasteiger partial charge in [0.05, 0.1) is 10.7 Å². The standard InChI is InChI=1S/C21H18Cl3N3O2/c22-14-8-6-13(7-9-14)20-19(21(28)29-16-4-2-1-3-5-16)25-26-27(20)18-11-10-15(23)12-17(18)24/h6-12,16H,1-5H2. The number of carbonyl (C=O) groups is 1. The first-order valence-corrected chi connectivity index (χ1v) is 10.5. The van der Waals surface area contributed by atoms with E-state index in [0.717, 1.165) is 31.2 Å². The van der Waals surface area contributed by atoms with Gasteiger partial charge in [-0.05, 0) is 56.0 Å². The number of nitrogens with zero attached hydrogens (tertiary/aromatic N) is 3. The van der Waals surface area contributed by atoms with Gasteiger partial charge < -0.3 is 4.74 Å². The van der Waals surface area contributed by atoms with Crippen LogP contribution in [0.4, 0.5) is 0 Å². The molecule has 150 valence electrons. The van der Waals surface area contributed by atoms with Crippen molar-refractivity contribution in [3.63, 3.8) is 0 Å². The van der Waals surface area contributed by atoms with E-state index in [-0.39, 0.29) is 11.8 Å². The molecule has 3 aromatic rings. The second-order valence-electron chi connectivity index (χ2n) is 6.97. The molecule has 1 aliphatic rings. The summed E-state index contributed by atoms with van der Waals surface area (Å²) >= 11 is 18.4. The lowest BCUT2D eigenvalue weighted by Gasteiger charge is -2.21. The van der Waals surface area contributed by atoms with Crippen LogP contribution < -0.4 is 0 Å². The number of ether oxygens (including phenoxy) is 1. The molecule has 0 aliphatic heterocycles. The average molecular weight is 451 g/mol. The Morgan fingerprint density at radius 2 is 1.66 bits per heavy atom. The van der Waals surface area contributed by atoms with Crippen molar-refractivity contribution < 1.29 is 9.53 Å². The molecule has 29 heavy (non-hydrogen) atoms. The van der Waals surface area contributed by atoms with Crippen molar-refractivity contribution in [3.05, 3.63) is 63.2 Å². The fraction of sp³-hybridized carbons (Fsp3) is 0.286. The van der Waals surface area contributed by atoms with E-state index in [1.165, 1.54) is 11.1 Å². The molecule has 0 spiro atoms. The van der Waals surface area contributed by atoms with Crippen molar-refractivity contribution in [1.82, 2.24) is 15.0 Å². The third-order valence-corrected chi connectivity index (χ3v) is 5.73. The SMILES string of the molecule is O=C(OC1CCCCC1)c1nnn(-c2ccc(Cl)cc2Cl)c1-c1ccc(Cl)cc1. The first-order chi connectivity index (χ1) is 14.0. The molecule has 1 fully saturated rings. The lowest BCUT2D eigenvalue weighted by atomic mass is 9.98. The van der Waals surface area contributed by atoms with Crippen LogP contribution in [0.1, 0.15) is 42.6 Å². The number of halogens is 3. The van der Waals surface area contributed by atoms with Crippen molar-refractivity contribution in [2.24, 2.45) is 0 Å². The first kappa shape index (κ1) is 20.2. The fourth-order valence-corrected chi connectivity index (χ4v) is 4.11. The minimum absolute atomic E-state index is 0.0846. The lowest BCUT2D eigenvalue weighted by Crippen LogP contribution is -2.21. The van der Waals surface area contributed by atoms with Crippen LogP contribution in [0, 0.1) is 0 Å². The molecule has 0 bridgehead atoms. The summed E-state index contributed by atoms with van der Waals surface area (Å²) in [5.74, 6) is -0.488. The molecule has 1 aromatic heterocycles. The van der Waals surface area contributed by atoms with Gasteiger partial charge in [-0.15, -0.1) is 5.10 Å². The highest BCUT2D eigenvalue weighted by Crippen LogP contribution is 2.32. The quantitative estimate of drug-likeness (QED) is 0.432. The summed E-state index contributed by atoms with van der Waals surface area (Å²) in [6.07, 6.45) is 4.97. The molecule has 5 nitrogen and oxygen atoms in total. The van der Waals surface area contributed by atoms with Crippen LogP contribution in [0.3, 0.4) is 0 Å². The van der Waals surface area contributed by atoms with Crippen molar-refractivity contribution in [2.45, 2.75) is 38.2 Å². The second kappa shape index (κ2) is 8.74. The summed E-state index contributed by atoms with van der Waals surface area (Å²) in [6.45, 7) is 0. The van der Waals surface area contributed by atoms with Gasteiger partial charge in [0.1, 0.15) is 11.8 Å². The average Bonchev–Trinajstić information content (AvgIpc) is 3.14. The molecular weight excluding hydrogens is 433 g/mol. The highest BCUT2D eigenvalue weighted by molar-refractivity contribution is 6.35. The molecule has 0 radical (unpaired) electrons. The highest BCUT2D eigenvalue weighted by Gasteiger charge is 2.27. The molecule has 0 unspecified atom stereocenters. The molecule has 0 saturated heterocycles. The molecule has 8 heteroatoms. The third kappa shape index (κ3) is 4.42. The van der Waals surface area contributed by atoms with Crippen LogP contribution in [-0.2, 0) is 4.74 Å². The Kier molecular flexibility index (Phi) is 6.09. The van der Waals surface area contributed by atoms with E-state index >= 15 is 0 Å². The molecule has 0 atom stereocenters. The number of hydrogen-bond donors (Lipinski definition) is 0. The third-order valence-electron chi connectivity index (χ3n) is 4.95. The number of esters is 1. The second-order valence-corrected chi connectivity index (χ2v) is 8.25. The van der Waals surface area contributed by atoms with E-state index in [1.54, 1.807) is 42.5 Å². The van der Waals surface area contributed by atoms with E-state index in [0.29, 0.717) is 26.4 Å². The van der Waals surface area contributed by atoms with Crippen molar-refractivity contribution in [1.29, 1.82) is 0 Å². The summed E-state index contributed by atoms with van der Waals surface area (Å²) in [5, 5.41) is 9.81. The van der Waals surface area contributed by atoms with Crippen molar-refractivity contribution in [3.8, 4) is 16.9 Å². The molecule has 0 N–H and O–H groups in total. The Balaban J connectivity index is 1.78. The summed E-state index contributed by atoms with van der Waals surface area (Å²) in [5.41, 5.74) is 1.92. The molecule has 2 aromatic carbocycles. The number of benzene rings is 2. The van der Waals surface area contributed by atoms with Crippen LogP contribution in [-0.4, -0.2) is 27.1 Å². The monoisotopic (exact) mass is 449 g/mol. The molecule has 1 heterocycles. The van der Waals surface area contributed by atoms with Gasteiger partial charge in [-0.2, -0.15) is 0 Å². The smallest absolute Gasteiger partial charge is 0.361 e. The summed E-state index contributed by atoms with van der Waals surface area (Å²) in [7, 11) is 0. The lowest BCUT2D eigenvalue weighted by molar-refractivity contribution is 0.0205. The zero-order chi connectivity index (χ0) is 20.4. The highest BCUT2D eigenvalue weighted by atomic mass is 35.5. The van der Waals surface area contributed by atoms with Crippen molar-refractivity contribution >= 4 is 40.8 Å². The van der Waals surface area contributed by atoms with Gasteiger partial charge in [0, 0.05) is 15.6 Å². The molecule has 1 aliphatic carbocycles. The first-order valence-electron chi connectivity index (χ1n) is 9.41. The van der Waals surface area contributed by atoms with Gasteiger partial charge in [-0.25, -0.2) is 9.48 Å². The maximum atomic E-state index is 12.9. The summed E-state index contributed by atoms with van der Waals surface area (Å²) in [6, 6.07) is 12.1. The van der Waals surface area contributed by atoms with Crippen LogP contribution in [0.2, 0.25) is 15.1 Å². The maximum absolute atomic E-state index is 12.9. The molecule has 4 rings (SSSR count). The zero-order valence-corrected chi connectivity index (χ0v) is 17.7. The fourth-order valence-electron chi connectivity index (χ4n) is 3.50. The molecular formula is C21H18Cl3N3O2. The van der Waals surface area contributed by atoms with E-state index in [1.807, 2.05) is 0 Å². The molecule has 1 saturated carbocycles. The normalized spacial score (nSPS) is 14.7. The van der Waals surface area contributed by atoms with E-state index in [4.69, 9.17) is 39.5 Å². The van der Waals surface area contributed by atoms with Gasteiger partial charge in [-0.3, -0.25) is 0 Å². The van der Waals surface area contributed by atoms with Gasteiger partial charge in [0.25, 0.3) is 0 Å². The van der Waals surface area contributed by atoms with Gasteiger partial charge in [0.15, 0.2) is 5.69 Å². The largest absolute Gasteiger partial charge is 0.458 e. The molecule has 0 amide bonds.